The predicted molar refractivity (Wildman–Crippen MR) is 140 cm³/mol. The quantitative estimate of drug-likeness (QED) is 0.273. The van der Waals surface area contributed by atoms with Crippen molar-refractivity contribution in [2.75, 3.05) is 40.4 Å². The Bertz CT molecular complexity index is 1210. The number of pyridine rings is 1. The zero-order valence-electron chi connectivity index (χ0n) is 18.0. The number of halogens is 2. The molecule has 2 N–H and O–H groups in total. The highest BCUT2D eigenvalue weighted by Crippen LogP contribution is 2.28. The molecule has 0 radical (unpaired) electrons. The Morgan fingerprint density at radius 3 is 2.18 bits per heavy atom. The Labute approximate surface area is 203 Å². The lowest BCUT2D eigenvalue weighted by Gasteiger charge is -2.23. The van der Waals surface area contributed by atoms with Gasteiger partial charge in [0.2, 0.25) is 0 Å². The molecule has 0 bridgehead atoms. The molecule has 0 aliphatic rings. The second-order valence-electron chi connectivity index (χ2n) is 7.43. The molecule has 0 aliphatic carbocycles. The molecule has 3 aromatic carbocycles. The molecule has 0 saturated carbocycles. The maximum Gasteiger partial charge on any atom is 0.323 e. The van der Waals surface area contributed by atoms with Crippen LogP contribution in [0.15, 0.2) is 84.9 Å². The summed E-state index contributed by atoms with van der Waals surface area (Å²) >= 11 is 11.8. The number of amides is 2. The number of anilines is 3. The van der Waals surface area contributed by atoms with Crippen molar-refractivity contribution in [2.24, 2.45) is 0 Å². The van der Waals surface area contributed by atoms with Crippen molar-refractivity contribution in [3.63, 3.8) is 0 Å². The second kappa shape index (κ2) is 11.0. The molecule has 5 nitrogen and oxygen atoms in total. The minimum Gasteiger partial charge on any atom is -0.369 e. The van der Waals surface area contributed by atoms with Gasteiger partial charge in [-0.15, -0.1) is 23.2 Å². The molecule has 4 aromatic rings. The lowest BCUT2D eigenvalue weighted by molar-refractivity contribution is 0.262. The van der Waals surface area contributed by atoms with E-state index in [9.17, 15) is 4.79 Å². The Morgan fingerprint density at radius 2 is 1.48 bits per heavy atom. The van der Waals surface area contributed by atoms with Gasteiger partial charge in [-0.2, -0.15) is 0 Å². The Kier molecular flexibility index (Phi) is 7.66. The molecule has 0 fully saturated rings. The van der Waals surface area contributed by atoms with Gasteiger partial charge in [-0.25, -0.2) is 9.78 Å². The van der Waals surface area contributed by atoms with Crippen LogP contribution in [0.1, 0.15) is 0 Å². The third-order valence-electron chi connectivity index (χ3n) is 5.23. The van der Waals surface area contributed by atoms with E-state index in [2.05, 4.69) is 15.5 Å². The normalized spacial score (nSPS) is 10.7. The summed E-state index contributed by atoms with van der Waals surface area (Å²) in [6.07, 6.45) is 0. The standard InChI is InChI=1S/C26H24Cl2N4O/c27-14-16-32(17-15-28)21-12-10-20(11-13-21)29-26(33)31-25-18-24(19-6-2-1-3-7-19)30-23-9-5-4-8-22(23)25/h1-13,18H,14-17H2,(H2,29,30,31,33). The van der Waals surface area contributed by atoms with Crippen LogP contribution in [-0.4, -0.2) is 35.9 Å². The summed E-state index contributed by atoms with van der Waals surface area (Å²) in [7, 11) is 0. The highest BCUT2D eigenvalue weighted by molar-refractivity contribution is 6.18. The molecule has 0 spiro atoms. The Balaban J connectivity index is 1.53. The summed E-state index contributed by atoms with van der Waals surface area (Å²) < 4.78 is 0. The first kappa shape index (κ1) is 22.9. The fraction of sp³-hybridized carbons (Fsp3) is 0.154. The van der Waals surface area contributed by atoms with Gasteiger partial charge in [-0.3, -0.25) is 0 Å². The highest BCUT2D eigenvalue weighted by Gasteiger charge is 2.11. The first-order valence-corrected chi connectivity index (χ1v) is 11.7. The molecule has 0 aliphatic heterocycles. The van der Waals surface area contributed by atoms with E-state index in [1.165, 1.54) is 0 Å². The van der Waals surface area contributed by atoms with Gasteiger partial charge in [0.15, 0.2) is 0 Å². The molecular weight excluding hydrogens is 455 g/mol. The first-order chi connectivity index (χ1) is 16.2. The van der Waals surface area contributed by atoms with Crippen molar-refractivity contribution in [1.29, 1.82) is 0 Å². The number of urea groups is 1. The molecular formula is C26H24Cl2N4O. The van der Waals surface area contributed by atoms with E-state index in [0.29, 0.717) is 36.2 Å². The van der Waals surface area contributed by atoms with Crippen molar-refractivity contribution in [3.8, 4) is 11.3 Å². The number of hydrogen-bond donors (Lipinski definition) is 2. The largest absolute Gasteiger partial charge is 0.369 e. The number of benzene rings is 3. The molecule has 4 rings (SSSR count). The first-order valence-electron chi connectivity index (χ1n) is 10.7. The number of nitrogens with one attached hydrogen (secondary N) is 2. The van der Waals surface area contributed by atoms with Crippen molar-refractivity contribution >= 4 is 57.2 Å². The van der Waals surface area contributed by atoms with Crippen molar-refractivity contribution < 1.29 is 4.79 Å². The molecule has 2 amide bonds. The number of carbonyl (C=O) groups is 1. The number of aromatic nitrogens is 1. The molecule has 7 heteroatoms. The average molecular weight is 479 g/mol. The fourth-order valence-corrected chi connectivity index (χ4v) is 4.06. The van der Waals surface area contributed by atoms with Gasteiger partial charge in [-0.1, -0.05) is 48.5 Å². The lowest BCUT2D eigenvalue weighted by Crippen LogP contribution is -2.27. The number of alkyl halides is 2. The van der Waals surface area contributed by atoms with Crippen molar-refractivity contribution in [1.82, 2.24) is 4.98 Å². The van der Waals surface area contributed by atoms with Gasteiger partial charge in [-0.05, 0) is 36.4 Å². The third-order valence-corrected chi connectivity index (χ3v) is 5.57. The molecule has 0 unspecified atom stereocenters. The van der Waals surface area contributed by atoms with Gasteiger partial charge < -0.3 is 15.5 Å². The molecule has 1 heterocycles. The van der Waals surface area contributed by atoms with Gasteiger partial charge >= 0.3 is 6.03 Å². The number of hydrogen-bond acceptors (Lipinski definition) is 3. The number of rotatable bonds is 8. The van der Waals surface area contributed by atoms with E-state index in [4.69, 9.17) is 28.2 Å². The summed E-state index contributed by atoms with van der Waals surface area (Å²) in [5, 5.41) is 6.77. The summed E-state index contributed by atoms with van der Waals surface area (Å²) in [5.74, 6) is 1.04. The predicted octanol–water partition coefficient (Wildman–Crippen LogP) is 6.83. The van der Waals surface area contributed by atoms with Crippen LogP contribution in [0, 0.1) is 0 Å². The van der Waals surface area contributed by atoms with Crippen LogP contribution in [0.3, 0.4) is 0 Å². The summed E-state index contributed by atoms with van der Waals surface area (Å²) in [6.45, 7) is 1.42. The molecule has 33 heavy (non-hydrogen) atoms. The van der Waals surface area contributed by atoms with Crippen LogP contribution in [-0.2, 0) is 0 Å². The third kappa shape index (κ3) is 5.75. The highest BCUT2D eigenvalue weighted by atomic mass is 35.5. The average Bonchev–Trinajstić information content (AvgIpc) is 2.85. The molecule has 168 valence electrons. The van der Waals surface area contributed by atoms with E-state index in [1.807, 2.05) is 84.9 Å². The topological polar surface area (TPSA) is 57.3 Å². The lowest BCUT2D eigenvalue weighted by atomic mass is 10.1. The van der Waals surface area contributed by atoms with E-state index >= 15 is 0 Å². The van der Waals surface area contributed by atoms with E-state index in [-0.39, 0.29) is 6.03 Å². The monoisotopic (exact) mass is 478 g/mol. The zero-order chi connectivity index (χ0) is 23.0. The van der Waals surface area contributed by atoms with E-state index in [1.54, 1.807) is 0 Å². The van der Waals surface area contributed by atoms with E-state index in [0.717, 1.165) is 27.8 Å². The SMILES string of the molecule is O=C(Nc1ccc(N(CCCl)CCCl)cc1)Nc1cc(-c2ccccc2)nc2ccccc12. The number of carbonyl (C=O) groups excluding carboxylic acids is 1. The number of nitrogens with zero attached hydrogens (tertiary/aromatic N) is 2. The molecule has 0 atom stereocenters. The van der Waals surface area contributed by atoms with Crippen molar-refractivity contribution in [3.05, 3.63) is 84.9 Å². The summed E-state index contributed by atoms with van der Waals surface area (Å²) in [4.78, 5) is 19.7. The minimum absolute atomic E-state index is 0.323. The van der Waals surface area contributed by atoms with Crippen LogP contribution < -0.4 is 15.5 Å². The summed E-state index contributed by atoms with van der Waals surface area (Å²) in [6, 6.07) is 26.9. The number of fused-ring (bicyclic) bond motifs is 1. The minimum atomic E-state index is -0.323. The van der Waals surface area contributed by atoms with Crippen LogP contribution in [0.2, 0.25) is 0 Å². The maximum absolute atomic E-state index is 12.8. The Morgan fingerprint density at radius 1 is 0.818 bits per heavy atom. The van der Waals surface area contributed by atoms with Crippen LogP contribution in [0.4, 0.5) is 21.9 Å². The zero-order valence-corrected chi connectivity index (χ0v) is 19.5. The number of para-hydroxylation sites is 1. The summed E-state index contributed by atoms with van der Waals surface area (Å²) in [5.41, 5.74) is 5.00. The second-order valence-corrected chi connectivity index (χ2v) is 8.19. The van der Waals surface area contributed by atoms with E-state index < -0.39 is 0 Å². The maximum atomic E-state index is 12.8. The van der Waals surface area contributed by atoms with Crippen LogP contribution in [0.5, 0.6) is 0 Å². The molecule has 0 saturated heterocycles. The van der Waals surface area contributed by atoms with Crippen LogP contribution in [0.25, 0.3) is 22.2 Å². The van der Waals surface area contributed by atoms with Gasteiger partial charge in [0.05, 0.1) is 16.9 Å². The Hall–Kier alpha value is -3.28. The van der Waals surface area contributed by atoms with Crippen LogP contribution >= 0.6 is 23.2 Å². The fourth-order valence-electron chi connectivity index (χ4n) is 3.65. The van der Waals surface area contributed by atoms with Gasteiger partial charge in [0, 0.05) is 47.2 Å². The van der Waals surface area contributed by atoms with Crippen molar-refractivity contribution in [2.45, 2.75) is 0 Å². The van der Waals surface area contributed by atoms with Gasteiger partial charge in [0.1, 0.15) is 0 Å². The van der Waals surface area contributed by atoms with Gasteiger partial charge in [0.25, 0.3) is 0 Å². The molecule has 1 aromatic heterocycles. The smallest absolute Gasteiger partial charge is 0.323 e.